The van der Waals surface area contributed by atoms with Gasteiger partial charge in [0.25, 0.3) is 0 Å². The number of rotatable bonds is 4. The highest BCUT2D eigenvalue weighted by molar-refractivity contribution is 5.91. The number of nitrogens with one attached hydrogen (secondary N) is 1. The van der Waals surface area contributed by atoms with E-state index in [1.165, 1.54) is 6.92 Å². The number of methoxy groups -OCH3 is 1. The number of benzene rings is 1. The number of hydrogen-bond acceptors (Lipinski definition) is 5. The average Bonchev–Trinajstić information content (AvgIpc) is 2.79. The van der Waals surface area contributed by atoms with Crippen LogP contribution in [0.1, 0.15) is 18.2 Å². The summed E-state index contributed by atoms with van der Waals surface area (Å²) < 4.78 is 10.5. The van der Waals surface area contributed by atoms with Crippen molar-refractivity contribution >= 4 is 11.6 Å². The zero-order valence-corrected chi connectivity index (χ0v) is 11.7. The summed E-state index contributed by atoms with van der Waals surface area (Å²) in [5.74, 6) is 1.02. The number of nitrogens with zero attached hydrogens (tertiary/aromatic N) is 1. The average molecular weight is 275 g/mol. The van der Waals surface area contributed by atoms with Crippen LogP contribution in [-0.2, 0) is 11.3 Å². The molecule has 1 aromatic carbocycles. The molecule has 0 spiro atoms. The second-order valence-electron chi connectivity index (χ2n) is 4.38. The molecule has 0 aliphatic rings. The van der Waals surface area contributed by atoms with Crippen molar-refractivity contribution in [2.45, 2.75) is 20.4 Å². The highest BCUT2D eigenvalue weighted by atomic mass is 16.5. The summed E-state index contributed by atoms with van der Waals surface area (Å²) >= 11 is 0. The van der Waals surface area contributed by atoms with Crippen LogP contribution in [0, 0.1) is 6.92 Å². The second-order valence-corrected chi connectivity index (χ2v) is 4.38. The quantitative estimate of drug-likeness (QED) is 0.891. The van der Waals surface area contributed by atoms with Gasteiger partial charge >= 0.3 is 0 Å². The molecule has 1 heterocycles. The Hall–Kier alpha value is -2.34. The molecule has 0 radical (unpaired) electrons. The molecule has 1 aromatic heterocycles. The van der Waals surface area contributed by atoms with Gasteiger partial charge in [-0.2, -0.15) is 0 Å². The molecule has 1 amide bonds. The van der Waals surface area contributed by atoms with E-state index in [9.17, 15) is 4.79 Å². The first-order valence-corrected chi connectivity index (χ1v) is 6.18. The van der Waals surface area contributed by atoms with E-state index in [1.807, 2.05) is 13.0 Å². The molecule has 0 unspecified atom stereocenters. The van der Waals surface area contributed by atoms with Crippen LogP contribution in [0.15, 0.2) is 22.7 Å². The molecule has 2 aromatic rings. The minimum atomic E-state index is -0.173. The first-order chi connectivity index (χ1) is 9.56. The smallest absolute Gasteiger partial charge is 0.221 e. The Labute approximate surface area is 116 Å². The number of carbonyl (C=O) groups is 1. The van der Waals surface area contributed by atoms with E-state index in [4.69, 9.17) is 15.0 Å². The summed E-state index contributed by atoms with van der Waals surface area (Å²) in [7, 11) is 1.55. The molecule has 3 N–H and O–H groups in total. The van der Waals surface area contributed by atoms with Gasteiger partial charge in [0.1, 0.15) is 5.75 Å². The fourth-order valence-corrected chi connectivity index (χ4v) is 1.99. The number of aromatic nitrogens is 1. The monoisotopic (exact) mass is 275 g/mol. The molecule has 0 saturated heterocycles. The van der Waals surface area contributed by atoms with Gasteiger partial charge in [0, 0.05) is 24.6 Å². The van der Waals surface area contributed by atoms with Crippen molar-refractivity contribution in [1.29, 1.82) is 0 Å². The zero-order chi connectivity index (χ0) is 14.7. The Morgan fingerprint density at radius 3 is 2.85 bits per heavy atom. The van der Waals surface area contributed by atoms with Crippen LogP contribution in [0.4, 0.5) is 5.69 Å². The zero-order valence-electron chi connectivity index (χ0n) is 11.7. The van der Waals surface area contributed by atoms with Crippen molar-refractivity contribution in [2.24, 2.45) is 5.73 Å². The SMILES string of the molecule is COc1ccc(-c2onc(C)c2CN)cc1NC(C)=O. The van der Waals surface area contributed by atoms with Crippen LogP contribution < -0.4 is 15.8 Å². The fraction of sp³-hybridized carbons (Fsp3) is 0.286. The van der Waals surface area contributed by atoms with Crippen molar-refractivity contribution in [3.8, 4) is 17.1 Å². The summed E-state index contributed by atoms with van der Waals surface area (Å²) in [6, 6.07) is 5.38. The summed E-state index contributed by atoms with van der Waals surface area (Å²) in [6.45, 7) is 3.62. The summed E-state index contributed by atoms with van der Waals surface area (Å²) in [6.07, 6.45) is 0. The predicted octanol–water partition coefficient (Wildman–Crippen LogP) is 2.08. The fourth-order valence-electron chi connectivity index (χ4n) is 1.99. The Morgan fingerprint density at radius 2 is 2.25 bits per heavy atom. The molecule has 0 atom stereocenters. The van der Waals surface area contributed by atoms with Crippen molar-refractivity contribution in [3.63, 3.8) is 0 Å². The number of amides is 1. The normalized spacial score (nSPS) is 10.4. The minimum absolute atomic E-state index is 0.173. The highest BCUT2D eigenvalue weighted by Crippen LogP contribution is 2.33. The van der Waals surface area contributed by atoms with Crippen LogP contribution in [0.2, 0.25) is 0 Å². The standard InChI is InChI=1S/C14H17N3O3/c1-8-11(7-15)14(20-17-8)10-4-5-13(19-3)12(6-10)16-9(2)18/h4-6H,7,15H2,1-3H3,(H,16,18). The predicted molar refractivity (Wildman–Crippen MR) is 75.4 cm³/mol. The molecule has 0 bridgehead atoms. The second kappa shape index (κ2) is 5.75. The lowest BCUT2D eigenvalue weighted by Gasteiger charge is -2.10. The van der Waals surface area contributed by atoms with Crippen LogP contribution in [0.3, 0.4) is 0 Å². The van der Waals surface area contributed by atoms with E-state index >= 15 is 0 Å². The Kier molecular flexibility index (Phi) is 4.05. The number of nitrogens with two attached hydrogens (primary N) is 1. The van der Waals surface area contributed by atoms with E-state index in [-0.39, 0.29) is 5.91 Å². The van der Waals surface area contributed by atoms with Gasteiger partial charge in [-0.05, 0) is 25.1 Å². The Morgan fingerprint density at radius 1 is 1.50 bits per heavy atom. The van der Waals surface area contributed by atoms with Crippen LogP contribution >= 0.6 is 0 Å². The lowest BCUT2D eigenvalue weighted by molar-refractivity contribution is -0.114. The molecule has 0 aliphatic heterocycles. The third-order valence-electron chi connectivity index (χ3n) is 2.96. The summed E-state index contributed by atoms with van der Waals surface area (Å²) in [4.78, 5) is 11.2. The number of ether oxygens (including phenoxy) is 1. The highest BCUT2D eigenvalue weighted by Gasteiger charge is 2.15. The first kappa shape index (κ1) is 14.1. The number of aryl methyl sites for hydroxylation is 1. The molecule has 6 nitrogen and oxygen atoms in total. The van der Waals surface area contributed by atoms with Crippen LogP contribution in [0.25, 0.3) is 11.3 Å². The topological polar surface area (TPSA) is 90.4 Å². The van der Waals surface area contributed by atoms with Gasteiger partial charge in [0.05, 0.1) is 18.5 Å². The van der Waals surface area contributed by atoms with Crippen LogP contribution in [0.5, 0.6) is 5.75 Å². The molecule has 6 heteroatoms. The van der Waals surface area contributed by atoms with Gasteiger partial charge < -0.3 is 20.3 Å². The molecule has 0 fully saturated rings. The first-order valence-electron chi connectivity index (χ1n) is 6.18. The number of carbonyl (C=O) groups excluding carboxylic acids is 1. The lowest BCUT2D eigenvalue weighted by Crippen LogP contribution is -2.07. The van der Waals surface area contributed by atoms with Gasteiger partial charge in [-0.25, -0.2) is 0 Å². The summed E-state index contributed by atoms with van der Waals surface area (Å²) in [5.41, 5.74) is 8.69. The molecular weight excluding hydrogens is 258 g/mol. The molecular formula is C14H17N3O3. The Bertz CT molecular complexity index is 635. The maximum Gasteiger partial charge on any atom is 0.221 e. The third kappa shape index (κ3) is 2.65. The van der Waals surface area contributed by atoms with Crippen molar-refractivity contribution < 1.29 is 14.1 Å². The molecule has 2 rings (SSSR count). The van der Waals surface area contributed by atoms with Gasteiger partial charge in [-0.15, -0.1) is 0 Å². The van der Waals surface area contributed by atoms with Gasteiger partial charge in [0.2, 0.25) is 5.91 Å². The largest absolute Gasteiger partial charge is 0.495 e. The van der Waals surface area contributed by atoms with Crippen molar-refractivity contribution in [2.75, 3.05) is 12.4 Å². The Balaban J connectivity index is 2.49. The number of hydrogen-bond donors (Lipinski definition) is 2. The maximum atomic E-state index is 11.2. The minimum Gasteiger partial charge on any atom is -0.495 e. The van der Waals surface area contributed by atoms with Crippen molar-refractivity contribution in [1.82, 2.24) is 5.16 Å². The van der Waals surface area contributed by atoms with E-state index in [0.717, 1.165) is 16.8 Å². The van der Waals surface area contributed by atoms with E-state index in [0.29, 0.717) is 23.7 Å². The summed E-state index contributed by atoms with van der Waals surface area (Å²) in [5, 5.41) is 6.64. The molecule has 0 saturated carbocycles. The lowest BCUT2D eigenvalue weighted by atomic mass is 10.1. The van der Waals surface area contributed by atoms with Crippen LogP contribution in [-0.4, -0.2) is 18.2 Å². The van der Waals surface area contributed by atoms with Crippen molar-refractivity contribution in [3.05, 3.63) is 29.5 Å². The van der Waals surface area contributed by atoms with E-state index in [1.54, 1.807) is 19.2 Å². The molecule has 20 heavy (non-hydrogen) atoms. The van der Waals surface area contributed by atoms with Gasteiger partial charge in [-0.1, -0.05) is 5.16 Å². The van der Waals surface area contributed by atoms with E-state index < -0.39 is 0 Å². The third-order valence-corrected chi connectivity index (χ3v) is 2.96. The number of anilines is 1. The van der Waals surface area contributed by atoms with E-state index in [2.05, 4.69) is 10.5 Å². The maximum absolute atomic E-state index is 11.2. The van der Waals surface area contributed by atoms with Gasteiger partial charge in [-0.3, -0.25) is 4.79 Å². The molecule has 0 aliphatic carbocycles. The van der Waals surface area contributed by atoms with Gasteiger partial charge in [0.15, 0.2) is 5.76 Å². The molecule has 106 valence electrons.